The molecular formula is C30H36FN3O3. The molecule has 0 aliphatic carbocycles. The fourth-order valence-electron chi connectivity index (χ4n) is 4.29. The first-order valence-electron chi connectivity index (χ1n) is 12.6. The van der Waals surface area contributed by atoms with E-state index in [1.54, 1.807) is 30.3 Å². The second-order valence-corrected chi connectivity index (χ2v) is 9.91. The molecule has 0 aromatic heterocycles. The summed E-state index contributed by atoms with van der Waals surface area (Å²) in [6, 6.07) is 19.5. The Morgan fingerprint density at radius 3 is 2.30 bits per heavy atom. The maximum Gasteiger partial charge on any atom is 0.336 e. The van der Waals surface area contributed by atoms with Gasteiger partial charge >= 0.3 is 12.0 Å². The minimum atomic E-state index is -1.02. The minimum Gasteiger partial charge on any atom is -0.478 e. The Kier molecular flexibility index (Phi) is 9.66. The Hall–Kier alpha value is -3.87. The summed E-state index contributed by atoms with van der Waals surface area (Å²) < 4.78 is 13.1. The summed E-state index contributed by atoms with van der Waals surface area (Å²) in [6.45, 7) is 9.18. The molecule has 1 atom stereocenters. The van der Waals surface area contributed by atoms with E-state index in [-0.39, 0.29) is 18.2 Å². The first kappa shape index (κ1) is 27.7. The summed E-state index contributed by atoms with van der Waals surface area (Å²) in [7, 11) is 0. The van der Waals surface area contributed by atoms with E-state index < -0.39 is 12.0 Å². The van der Waals surface area contributed by atoms with Gasteiger partial charge in [0.2, 0.25) is 0 Å². The highest BCUT2D eigenvalue weighted by molar-refractivity contribution is 6.03. The number of carbonyl (C=O) groups excluding carboxylic acids is 1. The zero-order valence-corrected chi connectivity index (χ0v) is 21.9. The summed E-state index contributed by atoms with van der Waals surface area (Å²) in [5, 5.41) is 15.5. The molecular weight excluding hydrogens is 469 g/mol. The topological polar surface area (TPSA) is 81.7 Å². The number of aryl methyl sites for hydroxylation is 1. The summed E-state index contributed by atoms with van der Waals surface area (Å²) in [5.41, 5.74) is 4.52. The lowest BCUT2D eigenvalue weighted by molar-refractivity contribution is 0.0697. The highest BCUT2D eigenvalue weighted by Crippen LogP contribution is 2.34. The molecule has 0 saturated heterocycles. The maximum atomic E-state index is 13.1. The van der Waals surface area contributed by atoms with E-state index in [4.69, 9.17) is 0 Å². The molecule has 0 aliphatic heterocycles. The maximum absolute atomic E-state index is 13.1. The highest BCUT2D eigenvalue weighted by atomic mass is 19.1. The number of nitrogens with one attached hydrogen (secondary N) is 2. The van der Waals surface area contributed by atoms with Gasteiger partial charge in [0, 0.05) is 18.8 Å². The highest BCUT2D eigenvalue weighted by Gasteiger charge is 2.20. The van der Waals surface area contributed by atoms with Crippen molar-refractivity contribution in [3.05, 3.63) is 77.9 Å². The van der Waals surface area contributed by atoms with E-state index in [0.29, 0.717) is 41.4 Å². The van der Waals surface area contributed by atoms with Gasteiger partial charge in [0.05, 0.1) is 23.6 Å². The molecule has 0 aliphatic rings. The van der Waals surface area contributed by atoms with Gasteiger partial charge in [0.25, 0.3) is 0 Å². The number of carboxylic acids is 1. The Morgan fingerprint density at radius 1 is 0.946 bits per heavy atom. The van der Waals surface area contributed by atoms with Crippen LogP contribution in [0.5, 0.6) is 0 Å². The molecule has 0 bridgehead atoms. The number of nitrogens with zero attached hydrogens (tertiary/aromatic N) is 1. The SMILES string of the molecule is Cc1ccc(NC(=O)Nc2cc(-c3ccccc3C(=O)O)ccc2N(CC(C)C)CC(C)CCF)cc1. The zero-order chi connectivity index (χ0) is 26.9. The van der Waals surface area contributed by atoms with E-state index in [0.717, 1.165) is 17.8 Å². The molecule has 196 valence electrons. The van der Waals surface area contributed by atoms with Gasteiger partial charge in [-0.15, -0.1) is 0 Å². The molecule has 7 heteroatoms. The van der Waals surface area contributed by atoms with Crippen LogP contribution < -0.4 is 15.5 Å². The number of aromatic carboxylic acids is 1. The van der Waals surface area contributed by atoms with Crippen LogP contribution in [0.4, 0.5) is 26.2 Å². The molecule has 3 rings (SSSR count). The molecule has 0 heterocycles. The molecule has 3 aromatic rings. The predicted octanol–water partition coefficient (Wildman–Crippen LogP) is 7.46. The van der Waals surface area contributed by atoms with Gasteiger partial charge in [-0.05, 0) is 66.6 Å². The number of halogens is 1. The second kappa shape index (κ2) is 12.9. The molecule has 37 heavy (non-hydrogen) atoms. The van der Waals surface area contributed by atoms with E-state index in [9.17, 15) is 19.1 Å². The van der Waals surface area contributed by atoms with Gasteiger partial charge in [-0.1, -0.05) is 62.7 Å². The third-order valence-electron chi connectivity index (χ3n) is 6.08. The number of alkyl halides is 1. The zero-order valence-electron chi connectivity index (χ0n) is 21.9. The summed E-state index contributed by atoms with van der Waals surface area (Å²) in [4.78, 5) is 27.0. The Morgan fingerprint density at radius 2 is 1.65 bits per heavy atom. The minimum absolute atomic E-state index is 0.116. The number of amides is 2. The number of urea groups is 1. The van der Waals surface area contributed by atoms with Crippen LogP contribution in [0.3, 0.4) is 0 Å². The van der Waals surface area contributed by atoms with Crippen LogP contribution in [-0.2, 0) is 0 Å². The Bertz CT molecular complexity index is 1210. The van der Waals surface area contributed by atoms with Crippen molar-refractivity contribution in [2.75, 3.05) is 35.3 Å². The number of hydrogen-bond donors (Lipinski definition) is 3. The van der Waals surface area contributed by atoms with Crippen molar-refractivity contribution in [1.29, 1.82) is 0 Å². The van der Waals surface area contributed by atoms with Gasteiger partial charge in [-0.25, -0.2) is 9.59 Å². The van der Waals surface area contributed by atoms with Gasteiger partial charge < -0.3 is 20.6 Å². The molecule has 0 radical (unpaired) electrons. The molecule has 6 nitrogen and oxygen atoms in total. The van der Waals surface area contributed by atoms with Crippen molar-refractivity contribution >= 4 is 29.1 Å². The molecule has 2 amide bonds. The van der Waals surface area contributed by atoms with Crippen LogP contribution in [0.25, 0.3) is 11.1 Å². The Balaban J connectivity index is 2.03. The average molecular weight is 506 g/mol. The third kappa shape index (κ3) is 7.81. The van der Waals surface area contributed by atoms with Gasteiger partial charge in [0.15, 0.2) is 0 Å². The van der Waals surface area contributed by atoms with Crippen LogP contribution in [-0.4, -0.2) is 36.9 Å². The number of carbonyl (C=O) groups is 2. The van der Waals surface area contributed by atoms with Gasteiger partial charge in [-0.3, -0.25) is 4.39 Å². The lowest BCUT2D eigenvalue weighted by Crippen LogP contribution is -2.33. The second-order valence-electron chi connectivity index (χ2n) is 9.91. The van der Waals surface area contributed by atoms with Crippen molar-refractivity contribution < 1.29 is 19.1 Å². The number of anilines is 3. The van der Waals surface area contributed by atoms with Crippen molar-refractivity contribution in [1.82, 2.24) is 0 Å². The van der Waals surface area contributed by atoms with Crippen LogP contribution in [0, 0.1) is 18.8 Å². The smallest absolute Gasteiger partial charge is 0.336 e. The van der Waals surface area contributed by atoms with Crippen molar-refractivity contribution in [2.45, 2.75) is 34.1 Å². The molecule has 3 aromatic carbocycles. The van der Waals surface area contributed by atoms with Crippen LogP contribution in [0.2, 0.25) is 0 Å². The standard InChI is InChI=1S/C30H36FN3O3/c1-20(2)18-34(19-22(4)15-16-31)28-14-11-23(25-7-5-6-8-26(25)29(35)36)17-27(28)33-30(37)32-24-12-9-21(3)10-13-24/h5-14,17,20,22H,15-16,18-19H2,1-4H3,(H,35,36)(H2,32,33,37). The van der Waals surface area contributed by atoms with Crippen LogP contribution in [0.1, 0.15) is 43.1 Å². The van der Waals surface area contributed by atoms with E-state index >= 15 is 0 Å². The van der Waals surface area contributed by atoms with Crippen molar-refractivity contribution in [2.24, 2.45) is 11.8 Å². The largest absolute Gasteiger partial charge is 0.478 e. The van der Waals surface area contributed by atoms with E-state index in [2.05, 4.69) is 29.4 Å². The monoisotopic (exact) mass is 505 g/mol. The van der Waals surface area contributed by atoms with Crippen LogP contribution in [0.15, 0.2) is 66.7 Å². The molecule has 3 N–H and O–H groups in total. The fraction of sp³-hybridized carbons (Fsp3) is 0.333. The van der Waals surface area contributed by atoms with Crippen molar-refractivity contribution in [3.63, 3.8) is 0 Å². The van der Waals surface area contributed by atoms with Gasteiger partial charge in [-0.2, -0.15) is 0 Å². The first-order chi connectivity index (χ1) is 17.7. The normalized spacial score (nSPS) is 11.7. The number of rotatable bonds is 11. The van der Waals surface area contributed by atoms with Crippen molar-refractivity contribution in [3.8, 4) is 11.1 Å². The molecule has 0 saturated carbocycles. The fourth-order valence-corrected chi connectivity index (χ4v) is 4.29. The van der Waals surface area contributed by atoms with Crippen LogP contribution >= 0.6 is 0 Å². The lowest BCUT2D eigenvalue weighted by Gasteiger charge is -2.31. The quantitative estimate of drug-likeness (QED) is 0.253. The molecule has 0 spiro atoms. The lowest BCUT2D eigenvalue weighted by atomic mass is 9.98. The summed E-state index contributed by atoms with van der Waals surface area (Å²) >= 11 is 0. The summed E-state index contributed by atoms with van der Waals surface area (Å²) in [6.07, 6.45) is 0.454. The van der Waals surface area contributed by atoms with E-state index in [1.165, 1.54) is 0 Å². The summed E-state index contributed by atoms with van der Waals surface area (Å²) in [5.74, 6) is -0.572. The van der Waals surface area contributed by atoms with Gasteiger partial charge in [0.1, 0.15) is 0 Å². The Labute approximate surface area is 218 Å². The molecule has 1 unspecified atom stereocenters. The predicted molar refractivity (Wildman–Crippen MR) is 149 cm³/mol. The third-order valence-corrected chi connectivity index (χ3v) is 6.08. The average Bonchev–Trinajstić information content (AvgIpc) is 2.85. The number of carboxylic acid groups (broad SMARTS) is 1. The first-order valence-corrected chi connectivity index (χ1v) is 12.6. The number of hydrogen-bond acceptors (Lipinski definition) is 3. The number of benzene rings is 3. The van der Waals surface area contributed by atoms with E-state index in [1.807, 2.05) is 50.2 Å². The molecule has 0 fully saturated rings.